The average Bonchev–Trinajstić information content (AvgIpc) is 2.18. The molecule has 3 unspecified atom stereocenters. The Bertz CT molecular complexity index is 149. The third kappa shape index (κ3) is 3.97. The van der Waals surface area contributed by atoms with Gasteiger partial charge in [-0.15, -0.1) is 0 Å². The lowest BCUT2D eigenvalue weighted by molar-refractivity contribution is 0.116. The van der Waals surface area contributed by atoms with Gasteiger partial charge in [0.2, 0.25) is 0 Å². The lowest BCUT2D eigenvalue weighted by Crippen LogP contribution is -2.44. The minimum absolute atomic E-state index is 0.500. The molecule has 14 heavy (non-hydrogen) atoms. The van der Waals surface area contributed by atoms with Crippen molar-refractivity contribution in [3.63, 3.8) is 0 Å². The second-order valence-corrected chi connectivity index (χ2v) is 4.60. The molecule has 0 aliphatic heterocycles. The molecule has 2 heteroatoms. The van der Waals surface area contributed by atoms with Crippen molar-refractivity contribution in [2.75, 3.05) is 13.2 Å². The van der Waals surface area contributed by atoms with Gasteiger partial charge in [0, 0.05) is 18.7 Å². The molecule has 1 aliphatic rings. The van der Waals surface area contributed by atoms with Gasteiger partial charge >= 0.3 is 0 Å². The summed E-state index contributed by atoms with van der Waals surface area (Å²) < 4.78 is 5.41. The van der Waals surface area contributed by atoms with Crippen molar-refractivity contribution in [1.29, 1.82) is 0 Å². The molecule has 1 rings (SSSR count). The van der Waals surface area contributed by atoms with Crippen LogP contribution in [0.2, 0.25) is 0 Å². The Labute approximate surface area is 88.4 Å². The van der Waals surface area contributed by atoms with Gasteiger partial charge in [0.25, 0.3) is 0 Å². The molecule has 1 aliphatic carbocycles. The van der Waals surface area contributed by atoms with Gasteiger partial charge in [0.05, 0.1) is 6.61 Å². The highest BCUT2D eigenvalue weighted by molar-refractivity contribution is 4.80. The second-order valence-electron chi connectivity index (χ2n) is 4.60. The van der Waals surface area contributed by atoms with Crippen LogP contribution in [-0.4, -0.2) is 25.3 Å². The molecule has 0 bridgehead atoms. The summed E-state index contributed by atoms with van der Waals surface area (Å²) in [4.78, 5) is 0. The minimum atomic E-state index is 0.500. The first-order valence-corrected chi connectivity index (χ1v) is 6.07. The largest absolute Gasteiger partial charge is 0.380 e. The topological polar surface area (TPSA) is 21.3 Å². The summed E-state index contributed by atoms with van der Waals surface area (Å²) >= 11 is 0. The van der Waals surface area contributed by atoms with Crippen molar-refractivity contribution in [3.8, 4) is 0 Å². The molecule has 1 N–H and O–H groups in total. The van der Waals surface area contributed by atoms with Crippen LogP contribution in [0.25, 0.3) is 0 Å². The highest BCUT2D eigenvalue weighted by atomic mass is 16.5. The Balaban J connectivity index is 2.20. The van der Waals surface area contributed by atoms with E-state index in [1.807, 2.05) is 0 Å². The summed E-state index contributed by atoms with van der Waals surface area (Å²) in [6.07, 6.45) is 5.54. The molecule has 0 saturated heterocycles. The van der Waals surface area contributed by atoms with Crippen LogP contribution in [0.5, 0.6) is 0 Å². The monoisotopic (exact) mass is 199 g/mol. The van der Waals surface area contributed by atoms with E-state index in [1.165, 1.54) is 25.7 Å². The van der Waals surface area contributed by atoms with E-state index in [9.17, 15) is 0 Å². The zero-order valence-electron chi connectivity index (χ0n) is 9.88. The van der Waals surface area contributed by atoms with E-state index in [0.717, 1.165) is 25.2 Å². The van der Waals surface area contributed by atoms with Crippen molar-refractivity contribution >= 4 is 0 Å². The minimum Gasteiger partial charge on any atom is -0.380 e. The molecule has 1 saturated carbocycles. The maximum atomic E-state index is 5.41. The Hall–Kier alpha value is -0.0800. The normalized spacial score (nSPS) is 30.2. The summed E-state index contributed by atoms with van der Waals surface area (Å²) in [6, 6.07) is 1.22. The summed E-state index contributed by atoms with van der Waals surface area (Å²) in [7, 11) is 0. The molecule has 0 radical (unpaired) electrons. The number of hydrogen-bond acceptors (Lipinski definition) is 2. The Morgan fingerprint density at radius 2 is 2.07 bits per heavy atom. The van der Waals surface area contributed by atoms with Crippen LogP contribution in [0, 0.1) is 5.92 Å². The Morgan fingerprint density at radius 1 is 1.36 bits per heavy atom. The van der Waals surface area contributed by atoms with Crippen LogP contribution in [-0.2, 0) is 4.74 Å². The first kappa shape index (κ1) is 12.0. The van der Waals surface area contributed by atoms with Gasteiger partial charge in [-0.25, -0.2) is 0 Å². The quantitative estimate of drug-likeness (QED) is 0.735. The lowest BCUT2D eigenvalue weighted by Gasteiger charge is -2.32. The molecule has 0 spiro atoms. The smallest absolute Gasteiger partial charge is 0.0616 e. The highest BCUT2D eigenvalue weighted by Crippen LogP contribution is 2.23. The van der Waals surface area contributed by atoms with E-state index < -0.39 is 0 Å². The fourth-order valence-electron chi connectivity index (χ4n) is 2.27. The van der Waals surface area contributed by atoms with Crippen LogP contribution in [0.15, 0.2) is 0 Å². The molecule has 2 nitrogen and oxygen atoms in total. The van der Waals surface area contributed by atoms with E-state index in [4.69, 9.17) is 4.74 Å². The molecule has 0 amide bonds. The fraction of sp³-hybridized carbons (Fsp3) is 1.00. The predicted octanol–water partition coefficient (Wildman–Crippen LogP) is 2.58. The maximum Gasteiger partial charge on any atom is 0.0616 e. The molecule has 0 aromatic carbocycles. The molecular weight excluding hydrogens is 174 g/mol. The van der Waals surface area contributed by atoms with E-state index >= 15 is 0 Å². The van der Waals surface area contributed by atoms with Crippen molar-refractivity contribution in [3.05, 3.63) is 0 Å². The Kier molecular flexibility index (Phi) is 5.49. The van der Waals surface area contributed by atoms with Gasteiger partial charge in [0.1, 0.15) is 0 Å². The zero-order valence-corrected chi connectivity index (χ0v) is 9.88. The van der Waals surface area contributed by atoms with E-state index in [-0.39, 0.29) is 0 Å². The summed E-state index contributed by atoms with van der Waals surface area (Å²) in [6.45, 7) is 8.31. The Morgan fingerprint density at radius 3 is 2.71 bits per heavy atom. The number of ether oxygens (including phenoxy) is 1. The third-order valence-electron chi connectivity index (χ3n) is 3.18. The second kappa shape index (κ2) is 6.41. The summed E-state index contributed by atoms with van der Waals surface area (Å²) in [5.41, 5.74) is 0. The fourth-order valence-corrected chi connectivity index (χ4v) is 2.27. The first-order valence-electron chi connectivity index (χ1n) is 6.07. The van der Waals surface area contributed by atoms with Crippen LogP contribution in [0.1, 0.15) is 46.5 Å². The van der Waals surface area contributed by atoms with Gasteiger partial charge in [-0.1, -0.05) is 19.8 Å². The number of hydrogen-bond donors (Lipinski definition) is 1. The molecule has 84 valence electrons. The lowest BCUT2D eigenvalue weighted by atomic mass is 9.85. The molecule has 1 fully saturated rings. The highest BCUT2D eigenvalue weighted by Gasteiger charge is 2.22. The summed E-state index contributed by atoms with van der Waals surface area (Å²) in [5, 5.41) is 3.68. The first-order chi connectivity index (χ1) is 6.74. The standard InChI is InChI=1S/C12H25NO/c1-4-14-9-11(3)13-12-8-6-5-7-10(12)2/h10-13H,4-9H2,1-3H3. The van der Waals surface area contributed by atoms with Crippen molar-refractivity contribution in [2.45, 2.75) is 58.5 Å². The number of nitrogens with one attached hydrogen (secondary N) is 1. The summed E-state index contributed by atoms with van der Waals surface area (Å²) in [5.74, 6) is 0.841. The SMILES string of the molecule is CCOCC(C)NC1CCCCC1C. The van der Waals surface area contributed by atoms with Gasteiger partial charge in [-0.05, 0) is 32.6 Å². The molecule has 0 aromatic rings. The van der Waals surface area contributed by atoms with Crippen LogP contribution < -0.4 is 5.32 Å². The third-order valence-corrected chi connectivity index (χ3v) is 3.18. The molecular formula is C12H25NO. The zero-order chi connectivity index (χ0) is 10.4. The van der Waals surface area contributed by atoms with Gasteiger partial charge < -0.3 is 10.1 Å². The van der Waals surface area contributed by atoms with Crippen LogP contribution >= 0.6 is 0 Å². The van der Waals surface area contributed by atoms with E-state index in [1.54, 1.807) is 0 Å². The average molecular weight is 199 g/mol. The predicted molar refractivity (Wildman–Crippen MR) is 60.5 cm³/mol. The van der Waals surface area contributed by atoms with Gasteiger partial charge in [0.15, 0.2) is 0 Å². The maximum absolute atomic E-state index is 5.41. The van der Waals surface area contributed by atoms with Gasteiger partial charge in [-0.2, -0.15) is 0 Å². The molecule has 0 aromatic heterocycles. The van der Waals surface area contributed by atoms with Crippen molar-refractivity contribution in [2.24, 2.45) is 5.92 Å². The molecule has 3 atom stereocenters. The molecule has 0 heterocycles. The van der Waals surface area contributed by atoms with Gasteiger partial charge in [-0.3, -0.25) is 0 Å². The van der Waals surface area contributed by atoms with Crippen molar-refractivity contribution < 1.29 is 4.74 Å². The van der Waals surface area contributed by atoms with Crippen molar-refractivity contribution in [1.82, 2.24) is 5.32 Å². The van der Waals surface area contributed by atoms with E-state index in [2.05, 4.69) is 26.1 Å². The van der Waals surface area contributed by atoms with Crippen LogP contribution in [0.3, 0.4) is 0 Å². The number of rotatable bonds is 5. The van der Waals surface area contributed by atoms with Crippen LogP contribution in [0.4, 0.5) is 0 Å². The van der Waals surface area contributed by atoms with E-state index in [0.29, 0.717) is 6.04 Å².